The Labute approximate surface area is 188 Å². The number of benzene rings is 2. The van der Waals surface area contributed by atoms with Gasteiger partial charge >= 0.3 is 6.18 Å². The van der Waals surface area contributed by atoms with E-state index in [0.29, 0.717) is 12.2 Å². The summed E-state index contributed by atoms with van der Waals surface area (Å²) < 4.78 is 45.0. The van der Waals surface area contributed by atoms with Crippen LogP contribution < -0.4 is 10.1 Å². The zero-order valence-electron chi connectivity index (χ0n) is 18.2. The molecule has 6 nitrogen and oxygen atoms in total. The second kappa shape index (κ2) is 9.09. The lowest BCUT2D eigenvalue weighted by Crippen LogP contribution is -2.28. The van der Waals surface area contributed by atoms with E-state index < -0.39 is 11.7 Å². The van der Waals surface area contributed by atoms with Crippen molar-refractivity contribution in [1.29, 1.82) is 0 Å². The molecular formula is C24H23F3N4O2. The van der Waals surface area contributed by atoms with E-state index in [1.165, 1.54) is 12.1 Å². The third-order valence-electron chi connectivity index (χ3n) is 5.49. The first-order valence-corrected chi connectivity index (χ1v) is 10.5. The molecule has 0 radical (unpaired) electrons. The molecule has 0 unspecified atom stereocenters. The monoisotopic (exact) mass is 456 g/mol. The molecule has 0 bridgehead atoms. The molecule has 0 atom stereocenters. The van der Waals surface area contributed by atoms with Crippen molar-refractivity contribution >= 4 is 22.5 Å². The zero-order valence-corrected chi connectivity index (χ0v) is 18.2. The van der Waals surface area contributed by atoms with Crippen LogP contribution in [0.5, 0.6) is 5.75 Å². The highest BCUT2D eigenvalue weighted by atomic mass is 19.4. The van der Waals surface area contributed by atoms with Crippen molar-refractivity contribution in [2.75, 3.05) is 13.2 Å². The second-order valence-electron chi connectivity index (χ2n) is 7.73. The van der Waals surface area contributed by atoms with Gasteiger partial charge in [0, 0.05) is 23.2 Å². The number of nitrogens with one attached hydrogen (secondary N) is 1. The van der Waals surface area contributed by atoms with E-state index in [0.717, 1.165) is 45.6 Å². The van der Waals surface area contributed by atoms with Crippen molar-refractivity contribution in [3.05, 3.63) is 71.0 Å². The summed E-state index contributed by atoms with van der Waals surface area (Å²) in [5.41, 5.74) is 3.73. The lowest BCUT2D eigenvalue weighted by atomic mass is 10.1. The topological polar surface area (TPSA) is 68.5 Å². The van der Waals surface area contributed by atoms with E-state index in [9.17, 15) is 18.0 Å². The summed E-state index contributed by atoms with van der Waals surface area (Å²) in [6.07, 6.45) is -3.59. The Morgan fingerprint density at radius 2 is 1.82 bits per heavy atom. The van der Waals surface area contributed by atoms with Crippen molar-refractivity contribution in [3.8, 4) is 5.75 Å². The molecule has 4 aromatic rings. The van der Waals surface area contributed by atoms with Gasteiger partial charge in [0.25, 0.3) is 0 Å². The summed E-state index contributed by atoms with van der Waals surface area (Å²) in [5.74, 6) is 0.171. The highest BCUT2D eigenvalue weighted by Gasteiger charge is 2.30. The second-order valence-corrected chi connectivity index (χ2v) is 7.73. The molecule has 0 fully saturated rings. The minimum Gasteiger partial charge on any atom is -0.492 e. The van der Waals surface area contributed by atoms with Crippen LogP contribution in [0.1, 0.15) is 28.9 Å². The Kier molecular flexibility index (Phi) is 6.22. The van der Waals surface area contributed by atoms with Gasteiger partial charge < -0.3 is 10.1 Å². The number of fused-ring (bicyclic) bond motifs is 3. The predicted molar refractivity (Wildman–Crippen MR) is 118 cm³/mol. The van der Waals surface area contributed by atoms with Gasteiger partial charge in [-0.1, -0.05) is 12.1 Å². The van der Waals surface area contributed by atoms with E-state index in [4.69, 9.17) is 9.72 Å². The molecule has 2 aromatic carbocycles. The average Bonchev–Trinajstić information content (AvgIpc) is 3.15. The Balaban J connectivity index is 1.30. The van der Waals surface area contributed by atoms with Crippen molar-refractivity contribution < 1.29 is 22.7 Å². The van der Waals surface area contributed by atoms with Gasteiger partial charge in [-0.3, -0.25) is 4.79 Å². The molecule has 2 aromatic heterocycles. The van der Waals surface area contributed by atoms with Crippen LogP contribution in [0.2, 0.25) is 0 Å². The van der Waals surface area contributed by atoms with Crippen LogP contribution >= 0.6 is 0 Å². The number of halogens is 3. The fourth-order valence-corrected chi connectivity index (χ4v) is 3.76. The number of rotatable bonds is 7. The Morgan fingerprint density at radius 1 is 1.09 bits per heavy atom. The van der Waals surface area contributed by atoms with Crippen molar-refractivity contribution in [1.82, 2.24) is 19.9 Å². The maximum atomic E-state index is 12.6. The molecule has 0 saturated heterocycles. The van der Waals surface area contributed by atoms with Crippen LogP contribution in [0.15, 0.2) is 48.5 Å². The minimum atomic E-state index is -4.38. The molecule has 0 aliphatic heterocycles. The molecule has 1 amide bonds. The highest BCUT2D eigenvalue weighted by Crippen LogP contribution is 2.30. The molecular weight excluding hydrogens is 433 g/mol. The fraction of sp³-hybridized carbons (Fsp3) is 0.292. The molecule has 0 aliphatic carbocycles. The van der Waals surface area contributed by atoms with E-state index in [-0.39, 0.29) is 25.5 Å². The maximum Gasteiger partial charge on any atom is 0.416 e. The Hall–Kier alpha value is -3.62. The van der Waals surface area contributed by atoms with Crippen LogP contribution in [0.25, 0.3) is 16.6 Å². The van der Waals surface area contributed by atoms with E-state index in [1.807, 2.05) is 42.6 Å². The molecule has 1 N–H and O–H groups in total. The van der Waals surface area contributed by atoms with Gasteiger partial charge in [0.15, 0.2) is 5.65 Å². The molecule has 33 heavy (non-hydrogen) atoms. The number of hydrogen-bond donors (Lipinski definition) is 1. The number of hydrogen-bond acceptors (Lipinski definition) is 4. The minimum absolute atomic E-state index is 0.143. The van der Waals surface area contributed by atoms with Gasteiger partial charge in [-0.05, 0) is 62.2 Å². The van der Waals surface area contributed by atoms with Gasteiger partial charge in [0.1, 0.15) is 12.4 Å². The molecule has 2 heterocycles. The summed E-state index contributed by atoms with van der Waals surface area (Å²) in [7, 11) is 0. The highest BCUT2D eigenvalue weighted by molar-refractivity contribution is 5.92. The first-order valence-electron chi connectivity index (χ1n) is 10.5. The lowest BCUT2D eigenvalue weighted by Gasteiger charge is -2.12. The fourth-order valence-electron chi connectivity index (χ4n) is 3.76. The summed E-state index contributed by atoms with van der Waals surface area (Å²) in [5, 5.41) is 8.38. The maximum absolute atomic E-state index is 12.6. The summed E-state index contributed by atoms with van der Waals surface area (Å²) in [6.45, 7) is 4.31. The van der Waals surface area contributed by atoms with Gasteiger partial charge in [-0.15, -0.1) is 0 Å². The lowest BCUT2D eigenvalue weighted by molar-refractivity contribution is -0.137. The number of carbonyl (C=O) groups is 1. The largest absolute Gasteiger partial charge is 0.492 e. The number of carbonyl (C=O) groups excluding carboxylic acids is 1. The SMILES string of the molecule is Cc1nc2c3ccccc3nn2c(C)c1CCC(=O)NCCOc1ccc(C(F)(F)F)cc1. The standard InChI is InChI=1S/C24H23F3N4O2/c1-15-19(16(2)31-23(29-15)20-5-3-4-6-21(20)30-31)11-12-22(32)28-13-14-33-18-9-7-17(8-10-18)24(25,26)27/h3-10H,11-14H2,1-2H3,(H,28,32). The number of amides is 1. The average molecular weight is 456 g/mol. The summed E-state index contributed by atoms with van der Waals surface area (Å²) >= 11 is 0. The Morgan fingerprint density at radius 3 is 2.55 bits per heavy atom. The van der Waals surface area contributed by atoms with Crippen LogP contribution in [0, 0.1) is 13.8 Å². The third kappa shape index (κ3) is 4.92. The first-order chi connectivity index (χ1) is 15.7. The Bertz CT molecular complexity index is 1300. The van der Waals surface area contributed by atoms with Gasteiger partial charge in [0.2, 0.25) is 5.91 Å². The van der Waals surface area contributed by atoms with Crippen LogP contribution in [-0.4, -0.2) is 33.7 Å². The quantitative estimate of drug-likeness (QED) is 0.411. The normalized spacial score (nSPS) is 11.8. The third-order valence-corrected chi connectivity index (χ3v) is 5.49. The number of alkyl halides is 3. The molecule has 0 saturated carbocycles. The zero-order chi connectivity index (χ0) is 23.6. The van der Waals surface area contributed by atoms with Crippen LogP contribution in [-0.2, 0) is 17.4 Å². The molecule has 0 spiro atoms. The van der Waals surface area contributed by atoms with Crippen molar-refractivity contribution in [2.45, 2.75) is 32.9 Å². The predicted octanol–water partition coefficient (Wildman–Crippen LogP) is 4.65. The van der Waals surface area contributed by atoms with E-state index in [2.05, 4.69) is 10.4 Å². The first kappa shape index (κ1) is 22.6. The summed E-state index contributed by atoms with van der Waals surface area (Å²) in [4.78, 5) is 17.0. The number of aryl methyl sites for hydroxylation is 2. The number of aromatic nitrogens is 3. The molecule has 9 heteroatoms. The van der Waals surface area contributed by atoms with Crippen molar-refractivity contribution in [2.24, 2.45) is 0 Å². The van der Waals surface area contributed by atoms with Gasteiger partial charge in [-0.2, -0.15) is 18.3 Å². The van der Waals surface area contributed by atoms with E-state index >= 15 is 0 Å². The van der Waals surface area contributed by atoms with E-state index in [1.54, 1.807) is 0 Å². The number of ether oxygens (including phenoxy) is 1. The number of nitrogens with zero attached hydrogens (tertiary/aromatic N) is 3. The molecule has 0 aliphatic rings. The smallest absolute Gasteiger partial charge is 0.416 e. The van der Waals surface area contributed by atoms with Crippen LogP contribution in [0.3, 0.4) is 0 Å². The molecule has 4 rings (SSSR count). The van der Waals surface area contributed by atoms with Gasteiger partial charge in [-0.25, -0.2) is 9.50 Å². The van der Waals surface area contributed by atoms with Crippen molar-refractivity contribution in [3.63, 3.8) is 0 Å². The molecule has 172 valence electrons. The van der Waals surface area contributed by atoms with Gasteiger partial charge in [0.05, 0.1) is 17.6 Å². The summed E-state index contributed by atoms with van der Waals surface area (Å²) in [6, 6.07) is 12.3. The van der Waals surface area contributed by atoms with Crippen LogP contribution in [0.4, 0.5) is 13.2 Å².